The topological polar surface area (TPSA) is 29.9 Å². The van der Waals surface area contributed by atoms with Gasteiger partial charge >= 0.3 is 0 Å². The second kappa shape index (κ2) is 6.80. The molecular weight excluding hydrogens is 272 g/mol. The Labute approximate surface area is 124 Å². The van der Waals surface area contributed by atoms with Gasteiger partial charge in [-0.2, -0.15) is 5.10 Å². The lowest BCUT2D eigenvalue weighted by molar-refractivity contribution is 0.463. The van der Waals surface area contributed by atoms with Crippen LogP contribution in [0.15, 0.2) is 24.3 Å². The highest BCUT2D eigenvalue weighted by molar-refractivity contribution is 5.23. The van der Waals surface area contributed by atoms with Crippen LogP contribution in [0.3, 0.4) is 0 Å². The molecule has 0 aliphatic carbocycles. The van der Waals surface area contributed by atoms with Crippen molar-refractivity contribution < 1.29 is 8.78 Å². The van der Waals surface area contributed by atoms with Crippen LogP contribution in [0.5, 0.6) is 0 Å². The second-order valence-electron chi connectivity index (χ2n) is 5.26. The van der Waals surface area contributed by atoms with E-state index in [-0.39, 0.29) is 6.04 Å². The highest BCUT2D eigenvalue weighted by Gasteiger charge is 2.19. The number of hydrogen-bond donors (Lipinski definition) is 1. The average Bonchev–Trinajstić information content (AvgIpc) is 2.78. The first-order chi connectivity index (χ1) is 10.0. The SMILES string of the molecule is CCCNC(Cc1cccc(F)c1F)c1cc(C)nn1C. The maximum absolute atomic E-state index is 13.9. The summed E-state index contributed by atoms with van der Waals surface area (Å²) >= 11 is 0. The van der Waals surface area contributed by atoms with E-state index in [0.29, 0.717) is 12.0 Å². The fourth-order valence-electron chi connectivity index (χ4n) is 2.48. The molecule has 21 heavy (non-hydrogen) atoms. The predicted octanol–water partition coefficient (Wildman–Crippen LogP) is 3.29. The van der Waals surface area contributed by atoms with Crippen LogP contribution in [-0.4, -0.2) is 16.3 Å². The normalized spacial score (nSPS) is 12.6. The minimum Gasteiger partial charge on any atom is -0.308 e. The van der Waals surface area contributed by atoms with Crippen molar-refractivity contribution in [1.82, 2.24) is 15.1 Å². The zero-order valence-corrected chi connectivity index (χ0v) is 12.7. The summed E-state index contributed by atoms with van der Waals surface area (Å²) in [5.74, 6) is -1.57. The molecule has 0 aliphatic rings. The summed E-state index contributed by atoms with van der Waals surface area (Å²) in [4.78, 5) is 0. The van der Waals surface area contributed by atoms with Crippen molar-refractivity contribution in [3.63, 3.8) is 0 Å². The number of benzene rings is 1. The molecular formula is C16H21F2N3. The molecule has 1 aromatic heterocycles. The molecule has 0 bridgehead atoms. The second-order valence-corrected chi connectivity index (χ2v) is 5.26. The van der Waals surface area contributed by atoms with Crippen molar-refractivity contribution in [2.75, 3.05) is 6.54 Å². The van der Waals surface area contributed by atoms with Gasteiger partial charge in [-0.05, 0) is 44.0 Å². The van der Waals surface area contributed by atoms with Gasteiger partial charge in [-0.1, -0.05) is 19.1 Å². The Morgan fingerprint density at radius 3 is 2.71 bits per heavy atom. The van der Waals surface area contributed by atoms with E-state index < -0.39 is 11.6 Å². The molecule has 0 aliphatic heterocycles. The molecule has 0 amide bonds. The molecule has 1 atom stereocenters. The summed E-state index contributed by atoms with van der Waals surface area (Å²) in [5, 5.41) is 7.72. The number of halogens is 2. The van der Waals surface area contributed by atoms with E-state index in [9.17, 15) is 8.78 Å². The summed E-state index contributed by atoms with van der Waals surface area (Å²) in [7, 11) is 1.87. The number of aromatic nitrogens is 2. The van der Waals surface area contributed by atoms with Gasteiger partial charge in [0.1, 0.15) is 0 Å². The first-order valence-corrected chi connectivity index (χ1v) is 7.19. The Balaban J connectivity index is 2.28. The van der Waals surface area contributed by atoms with Gasteiger partial charge in [0.05, 0.1) is 17.4 Å². The van der Waals surface area contributed by atoms with Crippen molar-refractivity contribution in [3.05, 3.63) is 52.9 Å². The van der Waals surface area contributed by atoms with E-state index in [1.165, 1.54) is 0 Å². The zero-order valence-electron chi connectivity index (χ0n) is 12.7. The Morgan fingerprint density at radius 2 is 2.10 bits per heavy atom. The van der Waals surface area contributed by atoms with Gasteiger partial charge in [0, 0.05) is 7.05 Å². The predicted molar refractivity (Wildman–Crippen MR) is 79.0 cm³/mol. The lowest BCUT2D eigenvalue weighted by atomic mass is 10.0. The molecule has 0 spiro atoms. The molecule has 0 saturated heterocycles. The minimum absolute atomic E-state index is 0.0903. The smallest absolute Gasteiger partial charge is 0.162 e. The van der Waals surface area contributed by atoms with Crippen LogP contribution in [0.2, 0.25) is 0 Å². The van der Waals surface area contributed by atoms with Crippen molar-refractivity contribution in [1.29, 1.82) is 0 Å². The summed E-state index contributed by atoms with van der Waals surface area (Å²) in [6.45, 7) is 4.80. The van der Waals surface area contributed by atoms with E-state index >= 15 is 0 Å². The molecule has 3 nitrogen and oxygen atoms in total. The van der Waals surface area contributed by atoms with E-state index in [4.69, 9.17) is 0 Å². The van der Waals surface area contributed by atoms with Gasteiger partial charge in [-0.15, -0.1) is 0 Å². The van der Waals surface area contributed by atoms with Crippen LogP contribution in [0.4, 0.5) is 8.78 Å². The lowest BCUT2D eigenvalue weighted by Gasteiger charge is -2.19. The first-order valence-electron chi connectivity index (χ1n) is 7.19. The molecule has 1 aromatic carbocycles. The van der Waals surface area contributed by atoms with Crippen molar-refractivity contribution >= 4 is 0 Å². The minimum atomic E-state index is -0.803. The van der Waals surface area contributed by atoms with Crippen molar-refractivity contribution in [3.8, 4) is 0 Å². The van der Waals surface area contributed by atoms with Gasteiger partial charge < -0.3 is 5.32 Å². The zero-order chi connectivity index (χ0) is 15.4. The van der Waals surface area contributed by atoms with Crippen LogP contribution < -0.4 is 5.32 Å². The molecule has 2 rings (SSSR count). The fraction of sp³-hybridized carbons (Fsp3) is 0.438. The van der Waals surface area contributed by atoms with E-state index in [1.807, 2.05) is 20.0 Å². The van der Waals surface area contributed by atoms with E-state index in [0.717, 1.165) is 30.4 Å². The molecule has 1 N–H and O–H groups in total. The van der Waals surface area contributed by atoms with Gasteiger partial charge in [0.15, 0.2) is 11.6 Å². The van der Waals surface area contributed by atoms with Crippen molar-refractivity contribution in [2.45, 2.75) is 32.7 Å². The molecule has 1 unspecified atom stereocenters. The monoisotopic (exact) mass is 293 g/mol. The average molecular weight is 293 g/mol. The summed E-state index contributed by atoms with van der Waals surface area (Å²) in [6.07, 6.45) is 1.36. The fourth-order valence-corrected chi connectivity index (χ4v) is 2.48. The molecule has 114 valence electrons. The molecule has 2 aromatic rings. The third kappa shape index (κ3) is 3.67. The summed E-state index contributed by atoms with van der Waals surface area (Å²) in [6, 6.07) is 6.19. The molecule has 1 heterocycles. The maximum Gasteiger partial charge on any atom is 0.162 e. The Hall–Kier alpha value is -1.75. The Morgan fingerprint density at radius 1 is 1.33 bits per heavy atom. The lowest BCUT2D eigenvalue weighted by Crippen LogP contribution is -2.26. The highest BCUT2D eigenvalue weighted by atomic mass is 19.2. The third-order valence-electron chi connectivity index (χ3n) is 3.49. The third-order valence-corrected chi connectivity index (χ3v) is 3.49. The largest absolute Gasteiger partial charge is 0.308 e. The highest BCUT2D eigenvalue weighted by Crippen LogP contribution is 2.22. The van der Waals surface area contributed by atoms with E-state index in [2.05, 4.69) is 17.3 Å². The quantitative estimate of drug-likeness (QED) is 0.885. The number of nitrogens with one attached hydrogen (secondary N) is 1. The molecule has 5 heteroatoms. The van der Waals surface area contributed by atoms with Crippen LogP contribution >= 0.6 is 0 Å². The Kier molecular flexibility index (Phi) is 5.07. The Bertz CT molecular complexity index is 608. The number of nitrogens with zero attached hydrogens (tertiary/aromatic N) is 2. The van der Waals surface area contributed by atoms with Gasteiger partial charge in [-0.3, -0.25) is 4.68 Å². The van der Waals surface area contributed by atoms with Crippen LogP contribution in [0.1, 0.15) is 36.3 Å². The van der Waals surface area contributed by atoms with Gasteiger partial charge in [0.2, 0.25) is 0 Å². The molecule has 0 saturated carbocycles. The maximum atomic E-state index is 13.9. The van der Waals surface area contributed by atoms with Gasteiger partial charge in [0.25, 0.3) is 0 Å². The van der Waals surface area contributed by atoms with Crippen molar-refractivity contribution in [2.24, 2.45) is 7.05 Å². The van der Waals surface area contributed by atoms with Gasteiger partial charge in [-0.25, -0.2) is 8.78 Å². The number of hydrogen-bond acceptors (Lipinski definition) is 2. The number of rotatable bonds is 6. The summed E-state index contributed by atoms with van der Waals surface area (Å²) in [5.41, 5.74) is 2.27. The standard InChI is InChI=1S/C16H21F2N3/c1-4-8-19-14(15-9-11(2)20-21(15)3)10-12-6-5-7-13(17)16(12)18/h5-7,9,14,19H,4,8,10H2,1-3H3. The molecule has 0 radical (unpaired) electrons. The summed E-state index contributed by atoms with van der Waals surface area (Å²) < 4.78 is 29.0. The van der Waals surface area contributed by atoms with Crippen LogP contribution in [0, 0.1) is 18.6 Å². The number of aryl methyl sites for hydroxylation is 2. The first kappa shape index (κ1) is 15.6. The van der Waals surface area contributed by atoms with Crippen LogP contribution in [0.25, 0.3) is 0 Å². The van der Waals surface area contributed by atoms with Crippen LogP contribution in [-0.2, 0) is 13.5 Å². The van der Waals surface area contributed by atoms with E-state index in [1.54, 1.807) is 16.8 Å². The molecule has 0 fully saturated rings.